The summed E-state index contributed by atoms with van der Waals surface area (Å²) in [4.78, 5) is 0. The summed E-state index contributed by atoms with van der Waals surface area (Å²) in [5.74, 6) is 0. The first kappa shape index (κ1) is 13.2. The highest BCUT2D eigenvalue weighted by Gasteiger charge is 2.11. The number of anilines is 1. The van der Waals surface area contributed by atoms with Gasteiger partial charge >= 0.3 is 0 Å². The van der Waals surface area contributed by atoms with Gasteiger partial charge in [0, 0.05) is 29.4 Å². The molecule has 0 atom stereocenters. The second-order valence-electron chi connectivity index (χ2n) is 4.65. The molecular weight excluding hydrogens is 246 g/mol. The summed E-state index contributed by atoms with van der Waals surface area (Å²) >= 11 is 6.04. The van der Waals surface area contributed by atoms with Gasteiger partial charge < -0.3 is 5.73 Å². The number of rotatable bonds is 3. The topological polar surface area (TPSA) is 41.6 Å². The van der Waals surface area contributed by atoms with Crippen LogP contribution in [0.2, 0.25) is 5.02 Å². The van der Waals surface area contributed by atoms with E-state index in [9.17, 15) is 0 Å². The van der Waals surface area contributed by atoms with E-state index < -0.39 is 0 Å². The zero-order valence-corrected chi connectivity index (χ0v) is 11.6. The SMILES string of the molecule is CC/C(=N/N1CCCCC1)c1cc(Cl)ccc1N. The zero-order chi connectivity index (χ0) is 13.0. The van der Waals surface area contributed by atoms with Crippen molar-refractivity contribution in [3.05, 3.63) is 28.8 Å². The van der Waals surface area contributed by atoms with E-state index in [2.05, 4.69) is 11.9 Å². The highest BCUT2D eigenvalue weighted by Crippen LogP contribution is 2.21. The Balaban J connectivity index is 2.26. The van der Waals surface area contributed by atoms with Gasteiger partial charge in [0.15, 0.2) is 0 Å². The van der Waals surface area contributed by atoms with Crippen LogP contribution in [0.1, 0.15) is 38.2 Å². The van der Waals surface area contributed by atoms with Crippen LogP contribution in [0.4, 0.5) is 5.69 Å². The largest absolute Gasteiger partial charge is 0.398 e. The number of halogens is 1. The number of hydrogen-bond donors (Lipinski definition) is 1. The molecule has 0 saturated carbocycles. The van der Waals surface area contributed by atoms with Gasteiger partial charge in [-0.1, -0.05) is 18.5 Å². The minimum Gasteiger partial charge on any atom is -0.398 e. The van der Waals surface area contributed by atoms with Crippen LogP contribution in [0.25, 0.3) is 0 Å². The summed E-state index contributed by atoms with van der Waals surface area (Å²) in [5.41, 5.74) is 8.75. The Hall–Kier alpha value is -1.22. The Morgan fingerprint density at radius 1 is 1.33 bits per heavy atom. The lowest BCUT2D eigenvalue weighted by molar-refractivity contribution is 0.239. The van der Waals surface area contributed by atoms with E-state index in [0.717, 1.165) is 36.5 Å². The van der Waals surface area contributed by atoms with E-state index in [1.54, 1.807) is 0 Å². The maximum atomic E-state index is 6.04. The number of nitrogen functional groups attached to an aromatic ring is 1. The van der Waals surface area contributed by atoms with Gasteiger partial charge in [-0.15, -0.1) is 0 Å². The molecule has 18 heavy (non-hydrogen) atoms. The summed E-state index contributed by atoms with van der Waals surface area (Å²) in [6, 6.07) is 5.57. The van der Waals surface area contributed by atoms with Crippen molar-refractivity contribution in [2.75, 3.05) is 18.8 Å². The highest BCUT2D eigenvalue weighted by atomic mass is 35.5. The lowest BCUT2D eigenvalue weighted by Crippen LogP contribution is -2.26. The summed E-state index contributed by atoms with van der Waals surface area (Å²) in [7, 11) is 0. The molecule has 98 valence electrons. The van der Waals surface area contributed by atoms with Gasteiger partial charge in [0.1, 0.15) is 0 Å². The zero-order valence-electron chi connectivity index (χ0n) is 10.8. The molecule has 0 spiro atoms. The Labute approximate surface area is 114 Å². The number of piperidine rings is 1. The van der Waals surface area contributed by atoms with Gasteiger partial charge in [0.05, 0.1) is 5.71 Å². The molecule has 4 heteroatoms. The van der Waals surface area contributed by atoms with Crippen LogP contribution in [0, 0.1) is 0 Å². The molecule has 0 bridgehead atoms. The van der Waals surface area contributed by atoms with Crippen molar-refractivity contribution in [3.8, 4) is 0 Å². The molecule has 0 radical (unpaired) electrons. The molecule has 1 aromatic carbocycles. The first-order valence-electron chi connectivity index (χ1n) is 6.58. The third-order valence-corrected chi connectivity index (χ3v) is 3.49. The lowest BCUT2D eigenvalue weighted by Gasteiger charge is -2.25. The molecule has 2 N–H and O–H groups in total. The van der Waals surface area contributed by atoms with E-state index in [1.165, 1.54) is 19.3 Å². The fraction of sp³-hybridized carbons (Fsp3) is 0.500. The van der Waals surface area contributed by atoms with E-state index in [0.29, 0.717) is 5.02 Å². The summed E-state index contributed by atoms with van der Waals surface area (Å²) < 4.78 is 0. The number of hydrogen-bond acceptors (Lipinski definition) is 3. The van der Waals surface area contributed by atoms with E-state index in [-0.39, 0.29) is 0 Å². The Morgan fingerprint density at radius 3 is 2.72 bits per heavy atom. The minimum absolute atomic E-state index is 0.707. The van der Waals surface area contributed by atoms with Gasteiger partial charge in [-0.3, -0.25) is 5.01 Å². The fourth-order valence-electron chi connectivity index (χ4n) is 2.24. The van der Waals surface area contributed by atoms with Crippen LogP contribution in [0.3, 0.4) is 0 Å². The van der Waals surface area contributed by atoms with Gasteiger partial charge in [0.25, 0.3) is 0 Å². The monoisotopic (exact) mass is 265 g/mol. The molecular formula is C14H20ClN3. The lowest BCUT2D eigenvalue weighted by atomic mass is 10.1. The average molecular weight is 266 g/mol. The number of benzene rings is 1. The Bertz CT molecular complexity index is 437. The van der Waals surface area contributed by atoms with Gasteiger partial charge in [-0.25, -0.2) is 0 Å². The average Bonchev–Trinajstić information content (AvgIpc) is 2.40. The van der Waals surface area contributed by atoms with Crippen molar-refractivity contribution >= 4 is 23.0 Å². The predicted octanol–water partition coefficient (Wildman–Crippen LogP) is 3.52. The number of nitrogens with two attached hydrogens (primary N) is 1. The first-order chi connectivity index (χ1) is 8.70. The molecule has 0 unspecified atom stereocenters. The molecule has 1 aliphatic heterocycles. The van der Waals surface area contributed by atoms with Crippen LogP contribution >= 0.6 is 11.6 Å². The maximum Gasteiger partial charge on any atom is 0.0696 e. The van der Waals surface area contributed by atoms with Crippen LogP contribution in [0.5, 0.6) is 0 Å². The molecule has 1 aromatic rings. The summed E-state index contributed by atoms with van der Waals surface area (Å²) in [5, 5.41) is 7.60. The number of hydrazone groups is 1. The molecule has 1 heterocycles. The second kappa shape index (κ2) is 6.10. The smallest absolute Gasteiger partial charge is 0.0696 e. The molecule has 1 fully saturated rings. The molecule has 3 nitrogen and oxygen atoms in total. The van der Waals surface area contributed by atoms with Crippen molar-refractivity contribution in [3.63, 3.8) is 0 Å². The van der Waals surface area contributed by atoms with E-state index >= 15 is 0 Å². The van der Waals surface area contributed by atoms with E-state index in [1.807, 2.05) is 18.2 Å². The second-order valence-corrected chi connectivity index (χ2v) is 5.08. The Kier molecular flexibility index (Phi) is 4.48. The molecule has 1 aliphatic rings. The quantitative estimate of drug-likeness (QED) is 0.671. The fourth-order valence-corrected chi connectivity index (χ4v) is 2.41. The minimum atomic E-state index is 0.707. The molecule has 2 rings (SSSR count). The third-order valence-electron chi connectivity index (χ3n) is 3.26. The predicted molar refractivity (Wildman–Crippen MR) is 78.1 cm³/mol. The maximum absolute atomic E-state index is 6.04. The van der Waals surface area contributed by atoms with Gasteiger partial charge in [-0.05, 0) is 43.9 Å². The molecule has 1 saturated heterocycles. The Morgan fingerprint density at radius 2 is 2.06 bits per heavy atom. The van der Waals surface area contributed by atoms with Crippen molar-refractivity contribution in [1.82, 2.24) is 5.01 Å². The third kappa shape index (κ3) is 3.16. The molecule has 0 amide bonds. The van der Waals surface area contributed by atoms with Gasteiger partial charge in [0.2, 0.25) is 0 Å². The van der Waals surface area contributed by atoms with Crippen molar-refractivity contribution in [2.45, 2.75) is 32.6 Å². The van der Waals surface area contributed by atoms with Crippen LogP contribution in [-0.4, -0.2) is 23.8 Å². The normalized spacial score (nSPS) is 17.0. The van der Waals surface area contributed by atoms with E-state index in [4.69, 9.17) is 22.4 Å². The standard InChI is InChI=1S/C14H20ClN3/c1-2-14(17-18-8-4-3-5-9-18)12-10-11(15)6-7-13(12)16/h6-7,10H,2-5,8-9,16H2,1H3/b17-14-. The summed E-state index contributed by atoms with van der Waals surface area (Å²) in [6.45, 7) is 4.19. The highest BCUT2D eigenvalue weighted by molar-refractivity contribution is 6.31. The van der Waals surface area contributed by atoms with Crippen LogP contribution in [-0.2, 0) is 0 Å². The molecule has 0 aromatic heterocycles. The van der Waals surface area contributed by atoms with Crippen LogP contribution in [0.15, 0.2) is 23.3 Å². The van der Waals surface area contributed by atoms with Gasteiger partial charge in [-0.2, -0.15) is 5.10 Å². The van der Waals surface area contributed by atoms with Crippen molar-refractivity contribution in [1.29, 1.82) is 0 Å². The van der Waals surface area contributed by atoms with Crippen molar-refractivity contribution in [2.24, 2.45) is 5.10 Å². The molecule has 0 aliphatic carbocycles. The van der Waals surface area contributed by atoms with Crippen molar-refractivity contribution < 1.29 is 0 Å². The first-order valence-corrected chi connectivity index (χ1v) is 6.96. The number of nitrogens with zero attached hydrogens (tertiary/aromatic N) is 2. The van der Waals surface area contributed by atoms with Crippen LogP contribution < -0.4 is 5.73 Å². The summed E-state index contributed by atoms with van der Waals surface area (Å²) in [6.07, 6.45) is 4.63.